The second-order valence-electron chi connectivity index (χ2n) is 7.25. The van der Waals surface area contributed by atoms with Gasteiger partial charge in [0, 0.05) is 43.7 Å². The molecule has 8 heteroatoms. The lowest BCUT2D eigenvalue weighted by Gasteiger charge is -2.27. The van der Waals surface area contributed by atoms with Crippen molar-refractivity contribution in [2.45, 2.75) is 32.1 Å². The summed E-state index contributed by atoms with van der Waals surface area (Å²) in [5.74, 6) is 2.56. The number of nitrogens with two attached hydrogens (primary N) is 1. The molecular formula is C19H27N7O. The van der Waals surface area contributed by atoms with Crippen molar-refractivity contribution in [2.24, 2.45) is 5.92 Å². The van der Waals surface area contributed by atoms with Gasteiger partial charge in [0.2, 0.25) is 11.9 Å². The molecule has 1 aliphatic carbocycles. The van der Waals surface area contributed by atoms with Crippen molar-refractivity contribution in [2.75, 3.05) is 48.8 Å². The Labute approximate surface area is 159 Å². The average Bonchev–Trinajstić information content (AvgIpc) is 2.74. The first-order valence-electron chi connectivity index (χ1n) is 9.81. The average molecular weight is 369 g/mol. The van der Waals surface area contributed by atoms with Crippen LogP contribution in [0.4, 0.5) is 17.7 Å². The molecule has 2 aromatic heterocycles. The largest absolute Gasteiger partial charge is 0.378 e. The molecule has 0 aromatic carbocycles. The van der Waals surface area contributed by atoms with Gasteiger partial charge < -0.3 is 20.7 Å². The number of anilines is 3. The molecule has 1 saturated heterocycles. The number of nitrogen functional groups attached to an aromatic ring is 1. The Morgan fingerprint density at radius 3 is 2.56 bits per heavy atom. The highest BCUT2D eigenvalue weighted by Gasteiger charge is 2.18. The quantitative estimate of drug-likeness (QED) is 0.828. The van der Waals surface area contributed by atoms with Crippen molar-refractivity contribution in [1.82, 2.24) is 19.9 Å². The molecule has 1 aliphatic heterocycles. The van der Waals surface area contributed by atoms with Crippen molar-refractivity contribution >= 4 is 17.7 Å². The Bertz CT molecular complexity index is 740. The van der Waals surface area contributed by atoms with Gasteiger partial charge in [-0.3, -0.25) is 0 Å². The molecule has 0 unspecified atom stereocenters. The number of ether oxygens (including phenoxy) is 1. The second-order valence-corrected chi connectivity index (χ2v) is 7.25. The standard InChI is InChI=1S/C19H27N7O/c20-18-22-12-15(13-23-18)16-10-17(21-11-14-4-2-1-3-5-14)25-19(24-16)26-6-8-27-9-7-26/h10,12-14H,1-9,11H2,(H2,20,22,23)(H,21,24,25). The number of hydrogen-bond acceptors (Lipinski definition) is 8. The zero-order valence-corrected chi connectivity index (χ0v) is 15.6. The van der Waals surface area contributed by atoms with Crippen LogP contribution < -0.4 is 16.0 Å². The van der Waals surface area contributed by atoms with Gasteiger partial charge >= 0.3 is 0 Å². The maximum absolute atomic E-state index is 5.62. The smallest absolute Gasteiger partial charge is 0.228 e. The van der Waals surface area contributed by atoms with E-state index in [9.17, 15) is 0 Å². The summed E-state index contributed by atoms with van der Waals surface area (Å²) in [4.78, 5) is 19.9. The van der Waals surface area contributed by atoms with Crippen LogP contribution >= 0.6 is 0 Å². The molecule has 0 spiro atoms. The predicted molar refractivity (Wildman–Crippen MR) is 106 cm³/mol. The third-order valence-corrected chi connectivity index (χ3v) is 5.27. The van der Waals surface area contributed by atoms with Gasteiger partial charge in [-0.2, -0.15) is 4.98 Å². The molecule has 0 atom stereocenters. The second kappa shape index (κ2) is 8.47. The molecule has 0 amide bonds. The summed E-state index contributed by atoms with van der Waals surface area (Å²) < 4.78 is 5.46. The predicted octanol–water partition coefficient (Wildman–Crippen LogP) is 2.34. The topological polar surface area (TPSA) is 102 Å². The molecule has 1 saturated carbocycles. The third kappa shape index (κ3) is 4.63. The van der Waals surface area contributed by atoms with Gasteiger partial charge in [0.25, 0.3) is 0 Å². The fraction of sp³-hybridized carbons (Fsp3) is 0.579. The fourth-order valence-electron chi connectivity index (χ4n) is 3.69. The van der Waals surface area contributed by atoms with Crippen LogP contribution in [0.5, 0.6) is 0 Å². The van der Waals surface area contributed by atoms with Crippen LogP contribution in [0, 0.1) is 5.92 Å². The molecular weight excluding hydrogens is 342 g/mol. The summed E-state index contributed by atoms with van der Waals surface area (Å²) in [7, 11) is 0. The molecule has 144 valence electrons. The van der Waals surface area contributed by atoms with Crippen LogP contribution in [0.3, 0.4) is 0 Å². The van der Waals surface area contributed by atoms with E-state index in [1.165, 1.54) is 32.1 Å². The number of nitrogens with zero attached hydrogens (tertiary/aromatic N) is 5. The number of hydrogen-bond donors (Lipinski definition) is 2. The highest BCUT2D eigenvalue weighted by molar-refractivity contribution is 5.63. The van der Waals surface area contributed by atoms with E-state index in [1.54, 1.807) is 12.4 Å². The minimum Gasteiger partial charge on any atom is -0.378 e. The normalized spacial score (nSPS) is 18.4. The molecule has 0 radical (unpaired) electrons. The van der Waals surface area contributed by atoms with Crippen molar-refractivity contribution < 1.29 is 4.74 Å². The van der Waals surface area contributed by atoms with Gasteiger partial charge in [0.15, 0.2) is 0 Å². The van der Waals surface area contributed by atoms with Gasteiger partial charge in [-0.1, -0.05) is 19.3 Å². The summed E-state index contributed by atoms with van der Waals surface area (Å²) in [6.45, 7) is 3.94. The first kappa shape index (κ1) is 17.9. The van der Waals surface area contributed by atoms with Crippen molar-refractivity contribution in [3.05, 3.63) is 18.5 Å². The van der Waals surface area contributed by atoms with Crippen LogP contribution in [0.1, 0.15) is 32.1 Å². The van der Waals surface area contributed by atoms with Crippen LogP contribution in [-0.4, -0.2) is 52.8 Å². The first-order valence-corrected chi connectivity index (χ1v) is 9.81. The Morgan fingerprint density at radius 2 is 1.81 bits per heavy atom. The van der Waals surface area contributed by atoms with Gasteiger partial charge in [0.05, 0.1) is 18.9 Å². The Balaban J connectivity index is 1.58. The summed E-state index contributed by atoms with van der Waals surface area (Å²) in [6, 6.07) is 1.97. The molecule has 2 aliphatic rings. The summed E-state index contributed by atoms with van der Waals surface area (Å²) >= 11 is 0. The lowest BCUT2D eigenvalue weighted by Crippen LogP contribution is -2.37. The first-order chi connectivity index (χ1) is 13.3. The summed E-state index contributed by atoms with van der Waals surface area (Å²) in [5, 5.41) is 3.54. The summed E-state index contributed by atoms with van der Waals surface area (Å²) in [6.07, 6.45) is 10.1. The molecule has 27 heavy (non-hydrogen) atoms. The Morgan fingerprint density at radius 1 is 1.07 bits per heavy atom. The van der Waals surface area contributed by atoms with E-state index >= 15 is 0 Å². The van der Waals surface area contributed by atoms with Gasteiger partial charge in [-0.15, -0.1) is 0 Å². The van der Waals surface area contributed by atoms with Gasteiger partial charge in [-0.25, -0.2) is 15.0 Å². The number of rotatable bonds is 5. The molecule has 3 heterocycles. The minimum absolute atomic E-state index is 0.261. The van der Waals surface area contributed by atoms with Crippen LogP contribution in [0.2, 0.25) is 0 Å². The highest BCUT2D eigenvalue weighted by atomic mass is 16.5. The SMILES string of the molecule is Nc1ncc(-c2cc(NCC3CCCCC3)nc(N3CCOCC3)n2)cn1. The van der Waals surface area contributed by atoms with Crippen LogP contribution in [-0.2, 0) is 4.74 Å². The van der Waals surface area contributed by atoms with E-state index in [0.717, 1.165) is 48.6 Å². The van der Waals surface area contributed by atoms with E-state index < -0.39 is 0 Å². The summed E-state index contributed by atoms with van der Waals surface area (Å²) in [5.41, 5.74) is 7.26. The van der Waals surface area contributed by atoms with Crippen molar-refractivity contribution in [1.29, 1.82) is 0 Å². The molecule has 2 aromatic rings. The maximum Gasteiger partial charge on any atom is 0.228 e. The molecule has 2 fully saturated rings. The number of morpholine rings is 1. The van der Waals surface area contributed by atoms with E-state index in [-0.39, 0.29) is 5.95 Å². The Kier molecular flexibility index (Phi) is 5.62. The van der Waals surface area contributed by atoms with E-state index in [0.29, 0.717) is 13.2 Å². The van der Waals surface area contributed by atoms with Gasteiger partial charge in [-0.05, 0) is 18.8 Å². The van der Waals surface area contributed by atoms with E-state index in [4.69, 9.17) is 20.4 Å². The number of aromatic nitrogens is 4. The van der Waals surface area contributed by atoms with E-state index in [2.05, 4.69) is 20.2 Å². The maximum atomic E-state index is 5.62. The molecule has 4 rings (SSSR count). The Hall–Kier alpha value is -2.48. The monoisotopic (exact) mass is 369 g/mol. The number of nitrogens with one attached hydrogen (secondary N) is 1. The molecule has 0 bridgehead atoms. The van der Waals surface area contributed by atoms with Crippen molar-refractivity contribution in [3.63, 3.8) is 0 Å². The zero-order chi connectivity index (χ0) is 18.5. The highest BCUT2D eigenvalue weighted by Crippen LogP contribution is 2.26. The van der Waals surface area contributed by atoms with Crippen molar-refractivity contribution in [3.8, 4) is 11.3 Å². The van der Waals surface area contributed by atoms with Crippen LogP contribution in [0.15, 0.2) is 18.5 Å². The van der Waals surface area contributed by atoms with Gasteiger partial charge in [0.1, 0.15) is 5.82 Å². The minimum atomic E-state index is 0.261. The fourth-order valence-corrected chi connectivity index (χ4v) is 3.69. The van der Waals surface area contributed by atoms with Crippen LogP contribution in [0.25, 0.3) is 11.3 Å². The third-order valence-electron chi connectivity index (χ3n) is 5.27. The molecule has 3 N–H and O–H groups in total. The zero-order valence-electron chi connectivity index (χ0n) is 15.6. The molecule has 8 nitrogen and oxygen atoms in total. The lowest BCUT2D eigenvalue weighted by atomic mass is 9.89. The van der Waals surface area contributed by atoms with E-state index in [1.807, 2.05) is 6.07 Å². The lowest BCUT2D eigenvalue weighted by molar-refractivity contribution is 0.122.